The van der Waals surface area contributed by atoms with Crippen LogP contribution in [-0.2, 0) is 27.4 Å². The number of carbonyl (C=O) groups excluding carboxylic acids is 1. The molecule has 0 fully saturated rings. The van der Waals surface area contributed by atoms with Gasteiger partial charge in [-0.2, -0.15) is 13.2 Å². The van der Waals surface area contributed by atoms with Crippen molar-refractivity contribution in [3.8, 4) is 0 Å². The summed E-state index contributed by atoms with van der Waals surface area (Å²) in [5.74, 6) is -1.52. The molecule has 9 nitrogen and oxygen atoms in total. The minimum atomic E-state index is -5.02. The maximum Gasteiger partial charge on any atom is 0.424 e. The fraction of sp³-hybridized carbons (Fsp3) is 0.375. The largest absolute Gasteiger partial charge is 0.465 e. The molecule has 0 saturated carbocycles. The highest BCUT2D eigenvalue weighted by Crippen LogP contribution is 2.40. The summed E-state index contributed by atoms with van der Waals surface area (Å²) in [6.07, 6.45) is -3.46. The predicted molar refractivity (Wildman–Crippen MR) is 95.4 cm³/mol. The minimum absolute atomic E-state index is 0.00798. The van der Waals surface area contributed by atoms with Gasteiger partial charge in [0.15, 0.2) is 0 Å². The number of primary sulfonamides is 1. The summed E-state index contributed by atoms with van der Waals surface area (Å²) in [7, 11) is -1.75. The number of aliphatic hydroxyl groups is 1. The van der Waals surface area contributed by atoms with E-state index in [4.69, 9.17) is 5.14 Å². The first-order chi connectivity index (χ1) is 13.3. The number of carbonyl (C=O) groups is 1. The fourth-order valence-corrected chi connectivity index (χ4v) is 3.20. The van der Waals surface area contributed by atoms with Crippen LogP contribution in [0.4, 0.5) is 18.9 Å². The van der Waals surface area contributed by atoms with Crippen molar-refractivity contribution in [1.82, 2.24) is 9.55 Å². The Bertz CT molecular complexity index is 1010. The van der Waals surface area contributed by atoms with Crippen LogP contribution in [0.3, 0.4) is 0 Å². The second kappa shape index (κ2) is 8.00. The molecule has 0 bridgehead atoms. The van der Waals surface area contributed by atoms with Crippen LogP contribution in [0.5, 0.6) is 0 Å². The molecule has 1 unspecified atom stereocenters. The molecule has 1 aromatic heterocycles. The van der Waals surface area contributed by atoms with Crippen LogP contribution in [-0.4, -0.2) is 48.9 Å². The number of sulfonamides is 1. The van der Waals surface area contributed by atoms with E-state index in [2.05, 4.69) is 15.0 Å². The van der Waals surface area contributed by atoms with E-state index in [-0.39, 0.29) is 16.1 Å². The van der Waals surface area contributed by atoms with Crippen molar-refractivity contribution < 1.29 is 36.2 Å². The average molecular weight is 436 g/mol. The van der Waals surface area contributed by atoms with Crippen LogP contribution in [0.1, 0.15) is 22.6 Å². The summed E-state index contributed by atoms with van der Waals surface area (Å²) >= 11 is 0. The standard InChI is InChI=1S/C16H19F3N4O5S/c1-23-8-7-22-14(23)15(25,16(17,18)19)5-6-21-12-4-3-10(29(20,26)27)9-11(12)13(24)28-2/h3-4,7-9,21,25H,5-6H2,1-2H3,(H2,20,26,27). The van der Waals surface area contributed by atoms with Crippen molar-refractivity contribution in [2.45, 2.75) is 23.1 Å². The molecule has 1 heterocycles. The number of alkyl halides is 3. The highest BCUT2D eigenvalue weighted by molar-refractivity contribution is 7.89. The van der Waals surface area contributed by atoms with Crippen LogP contribution >= 0.6 is 0 Å². The molecular weight excluding hydrogens is 417 g/mol. The molecule has 29 heavy (non-hydrogen) atoms. The zero-order valence-electron chi connectivity index (χ0n) is 15.4. The summed E-state index contributed by atoms with van der Waals surface area (Å²) in [5.41, 5.74) is -3.48. The number of hydrogen-bond acceptors (Lipinski definition) is 7. The van der Waals surface area contributed by atoms with Gasteiger partial charge in [-0.3, -0.25) is 0 Å². The smallest absolute Gasteiger partial charge is 0.424 e. The molecule has 2 rings (SSSR count). The van der Waals surface area contributed by atoms with Crippen molar-refractivity contribution >= 4 is 21.7 Å². The molecule has 160 valence electrons. The minimum Gasteiger partial charge on any atom is -0.465 e. The van der Waals surface area contributed by atoms with E-state index >= 15 is 0 Å². The third kappa shape index (κ3) is 4.68. The number of hydrogen-bond donors (Lipinski definition) is 3. The number of halogens is 3. The van der Waals surface area contributed by atoms with Gasteiger partial charge < -0.3 is 19.7 Å². The number of methoxy groups -OCH3 is 1. The Hall–Kier alpha value is -2.64. The Morgan fingerprint density at radius 2 is 2.03 bits per heavy atom. The first-order valence-electron chi connectivity index (χ1n) is 8.07. The van der Waals surface area contributed by atoms with E-state index in [0.717, 1.165) is 30.0 Å². The number of anilines is 1. The van der Waals surface area contributed by atoms with Gasteiger partial charge in [0.2, 0.25) is 15.6 Å². The lowest BCUT2D eigenvalue weighted by Gasteiger charge is -2.30. The molecule has 0 spiro atoms. The monoisotopic (exact) mass is 436 g/mol. The van der Waals surface area contributed by atoms with Crippen LogP contribution in [0, 0.1) is 0 Å². The van der Waals surface area contributed by atoms with E-state index in [1.165, 1.54) is 19.3 Å². The first kappa shape index (κ1) is 22.6. The molecule has 1 aromatic carbocycles. The van der Waals surface area contributed by atoms with Crippen molar-refractivity contribution in [3.63, 3.8) is 0 Å². The summed E-state index contributed by atoms with van der Waals surface area (Å²) in [6.45, 7) is -0.429. The van der Waals surface area contributed by atoms with Crippen LogP contribution in [0.2, 0.25) is 0 Å². The number of nitrogens with zero attached hydrogens (tertiary/aromatic N) is 2. The van der Waals surface area contributed by atoms with E-state index in [1.807, 2.05) is 0 Å². The van der Waals surface area contributed by atoms with Crippen molar-refractivity contribution in [2.24, 2.45) is 12.2 Å². The normalized spacial score (nSPS) is 14.3. The van der Waals surface area contributed by atoms with Crippen LogP contribution < -0.4 is 10.5 Å². The van der Waals surface area contributed by atoms with E-state index < -0.39 is 46.6 Å². The number of imidazole rings is 1. The lowest BCUT2D eigenvalue weighted by molar-refractivity contribution is -0.271. The fourth-order valence-electron chi connectivity index (χ4n) is 2.66. The molecular formula is C16H19F3N4O5S. The molecule has 0 aliphatic heterocycles. The molecule has 1 atom stereocenters. The molecule has 0 amide bonds. The highest BCUT2D eigenvalue weighted by atomic mass is 32.2. The third-order valence-corrected chi connectivity index (χ3v) is 5.10. The molecule has 0 radical (unpaired) electrons. The molecule has 13 heteroatoms. The van der Waals surface area contributed by atoms with E-state index in [1.54, 1.807) is 0 Å². The average Bonchev–Trinajstić information content (AvgIpc) is 3.05. The molecule has 0 aliphatic carbocycles. The van der Waals surface area contributed by atoms with Gasteiger partial charge in [0.25, 0.3) is 0 Å². The lowest BCUT2D eigenvalue weighted by Crippen LogP contribution is -2.45. The number of nitrogens with two attached hydrogens (primary N) is 1. The first-order valence-corrected chi connectivity index (χ1v) is 9.62. The summed E-state index contributed by atoms with van der Waals surface area (Å²) in [5, 5.41) is 17.9. The van der Waals surface area contributed by atoms with Gasteiger partial charge in [-0.05, 0) is 18.2 Å². The Morgan fingerprint density at radius 1 is 1.38 bits per heavy atom. The molecule has 0 aliphatic rings. The van der Waals surface area contributed by atoms with Gasteiger partial charge in [-0.15, -0.1) is 0 Å². The number of aromatic nitrogens is 2. The number of ether oxygens (including phenoxy) is 1. The van der Waals surface area contributed by atoms with E-state index in [0.29, 0.717) is 0 Å². The Balaban J connectivity index is 2.31. The van der Waals surface area contributed by atoms with Gasteiger partial charge in [0, 0.05) is 38.1 Å². The lowest BCUT2D eigenvalue weighted by atomic mass is 9.97. The number of nitrogens with one attached hydrogen (secondary N) is 1. The Labute approximate surface area is 164 Å². The van der Waals surface area contributed by atoms with Crippen molar-refractivity contribution in [3.05, 3.63) is 42.0 Å². The summed E-state index contributed by atoms with van der Waals surface area (Å²) in [4.78, 5) is 15.1. The summed E-state index contributed by atoms with van der Waals surface area (Å²) < 4.78 is 69.1. The second-order valence-electron chi connectivity index (χ2n) is 6.14. The topological polar surface area (TPSA) is 137 Å². The van der Waals surface area contributed by atoms with Crippen molar-refractivity contribution in [2.75, 3.05) is 19.0 Å². The predicted octanol–water partition coefficient (Wildman–Crippen LogP) is 1.11. The Kier molecular flexibility index (Phi) is 6.25. The SMILES string of the molecule is COC(=O)c1cc(S(N)(=O)=O)ccc1NCCC(O)(c1nccn1C)C(F)(F)F. The molecule has 2 aromatic rings. The van der Waals surface area contributed by atoms with Gasteiger partial charge >= 0.3 is 12.1 Å². The number of rotatable bonds is 7. The van der Waals surface area contributed by atoms with E-state index in [9.17, 15) is 31.5 Å². The number of benzene rings is 1. The van der Waals surface area contributed by atoms with Crippen molar-refractivity contribution in [1.29, 1.82) is 0 Å². The molecule has 0 saturated heterocycles. The van der Waals surface area contributed by atoms with Crippen LogP contribution in [0.15, 0.2) is 35.5 Å². The zero-order valence-corrected chi connectivity index (χ0v) is 16.2. The van der Waals surface area contributed by atoms with Gasteiger partial charge in [0.05, 0.1) is 17.6 Å². The van der Waals surface area contributed by atoms with Gasteiger partial charge in [0.1, 0.15) is 5.82 Å². The van der Waals surface area contributed by atoms with Crippen LogP contribution in [0.25, 0.3) is 0 Å². The Morgan fingerprint density at radius 3 is 2.52 bits per heavy atom. The number of aryl methyl sites for hydroxylation is 1. The quantitative estimate of drug-likeness (QED) is 0.553. The third-order valence-electron chi connectivity index (χ3n) is 4.19. The number of esters is 1. The zero-order chi connectivity index (χ0) is 22.0. The maximum atomic E-state index is 13.5. The molecule has 4 N–H and O–H groups in total. The summed E-state index contributed by atoms with van der Waals surface area (Å²) in [6, 6.07) is 3.19. The second-order valence-corrected chi connectivity index (χ2v) is 7.70. The van der Waals surface area contributed by atoms with Gasteiger partial charge in [-0.1, -0.05) is 0 Å². The highest BCUT2D eigenvalue weighted by Gasteiger charge is 2.57. The van der Waals surface area contributed by atoms with Gasteiger partial charge in [-0.25, -0.2) is 23.3 Å². The maximum absolute atomic E-state index is 13.5.